The van der Waals surface area contributed by atoms with Gasteiger partial charge in [-0.3, -0.25) is 0 Å². The molecule has 24 atom stereocenters. The van der Waals surface area contributed by atoms with Crippen LogP contribution in [0, 0.1) is 142 Å². The first-order valence-electron chi connectivity index (χ1n) is 38.3. The van der Waals surface area contributed by atoms with E-state index in [9.17, 15) is 40.9 Å². The zero-order valence-corrected chi connectivity index (χ0v) is 63.0. The van der Waals surface area contributed by atoms with Gasteiger partial charge in [-0.1, -0.05) is 218 Å². The third kappa shape index (κ3) is 33.4. The summed E-state index contributed by atoms with van der Waals surface area (Å²) < 4.78 is 0. The standard InChI is InChI=1S/8C10H20O/c8*1-7(2)9-5-4-8(3)6-10(9)11/h8*7-11H,4-6H2,1-3H3/t2*8-,9+,10+;2*8-,9+,10-;2*8-,9-,10+;2*8-,9-,10-/m10101010/s1. The molecule has 8 aliphatic carbocycles. The zero-order chi connectivity index (χ0) is 67.4. The van der Waals surface area contributed by atoms with Crippen LogP contribution in [-0.2, 0) is 0 Å². The Hall–Kier alpha value is -0.320. The smallest absolute Gasteiger partial charge is 0.0573 e. The highest BCUT2D eigenvalue weighted by atomic mass is 16.3. The van der Waals surface area contributed by atoms with Gasteiger partial charge in [-0.15, -0.1) is 0 Å². The molecule has 0 amide bonds. The Morgan fingerprint density at radius 3 is 0.295 bits per heavy atom. The molecular weight excluding hydrogens is 1090 g/mol. The van der Waals surface area contributed by atoms with Crippen molar-refractivity contribution in [2.45, 2.75) is 369 Å². The Bertz CT molecular complexity index is 1320. The van der Waals surface area contributed by atoms with Crippen molar-refractivity contribution >= 4 is 0 Å². The van der Waals surface area contributed by atoms with Crippen molar-refractivity contribution in [2.75, 3.05) is 0 Å². The van der Waals surface area contributed by atoms with Crippen molar-refractivity contribution in [1.82, 2.24) is 0 Å². The van der Waals surface area contributed by atoms with Crippen LogP contribution in [0.1, 0.15) is 320 Å². The molecule has 0 heterocycles. The molecule has 8 nitrogen and oxygen atoms in total. The Morgan fingerprint density at radius 1 is 0.159 bits per heavy atom. The Morgan fingerprint density at radius 2 is 0.239 bits per heavy atom. The van der Waals surface area contributed by atoms with E-state index in [1.807, 2.05) is 0 Å². The summed E-state index contributed by atoms with van der Waals surface area (Å²) in [6, 6.07) is 0. The lowest BCUT2D eigenvalue weighted by atomic mass is 9.75. The lowest BCUT2D eigenvalue weighted by Crippen LogP contribution is -2.31. The molecule has 0 unspecified atom stereocenters. The van der Waals surface area contributed by atoms with Crippen molar-refractivity contribution in [3.63, 3.8) is 0 Å². The van der Waals surface area contributed by atoms with Crippen LogP contribution in [0.25, 0.3) is 0 Å². The van der Waals surface area contributed by atoms with Gasteiger partial charge < -0.3 is 40.9 Å². The highest BCUT2D eigenvalue weighted by molar-refractivity contribution is 4.86. The SMILES string of the molecule is CC(C)[C@@H]1CC[C@@H](C)C[C@@H]1O.CC(C)[C@@H]1CC[C@@H](C)C[C@H]1O.CC(C)[C@@H]1CC[C@H](C)C[C@@H]1O.CC(C)[C@@H]1CC[C@H](C)C[C@H]1O.CC(C)[C@H]1CC[C@@H](C)C[C@@H]1O.CC(C)[C@H]1CC[C@@H](C)C[C@H]1O.CC(C)[C@H]1CC[C@H](C)C[C@@H]1O.CC(C)[C@H]1CC[C@H](C)C[C@H]1O. The average Bonchev–Trinajstić information content (AvgIpc) is 3.51. The summed E-state index contributed by atoms with van der Waals surface area (Å²) >= 11 is 0. The summed E-state index contributed by atoms with van der Waals surface area (Å²) in [6.45, 7) is 53.3. The number of hydrogen-bond donors (Lipinski definition) is 8. The van der Waals surface area contributed by atoms with Gasteiger partial charge in [0.05, 0.1) is 48.8 Å². The molecule has 0 radical (unpaired) electrons. The first kappa shape index (κ1) is 85.7. The van der Waals surface area contributed by atoms with Gasteiger partial charge in [0.15, 0.2) is 0 Å². The van der Waals surface area contributed by atoms with Gasteiger partial charge >= 0.3 is 0 Å². The monoisotopic (exact) mass is 1250 g/mol. The molecule has 8 aliphatic rings. The summed E-state index contributed by atoms with van der Waals surface area (Å²) in [4.78, 5) is 0. The van der Waals surface area contributed by atoms with E-state index >= 15 is 0 Å². The molecule has 8 heteroatoms. The van der Waals surface area contributed by atoms with Crippen LogP contribution >= 0.6 is 0 Å². The molecule has 0 aromatic carbocycles. The Kier molecular flexibility index (Phi) is 43.3. The average molecular weight is 1250 g/mol. The van der Waals surface area contributed by atoms with E-state index in [4.69, 9.17) is 0 Å². The molecule has 8 N–H and O–H groups in total. The maximum absolute atomic E-state index is 9.71. The highest BCUT2D eigenvalue weighted by Gasteiger charge is 2.35. The van der Waals surface area contributed by atoms with Gasteiger partial charge in [0.2, 0.25) is 0 Å². The fraction of sp³-hybridized carbons (Fsp3) is 1.00. The fourth-order valence-corrected chi connectivity index (χ4v) is 17.2. The normalized spacial score (nSPS) is 39.5. The predicted molar refractivity (Wildman–Crippen MR) is 379 cm³/mol. The summed E-state index contributed by atoms with van der Waals surface area (Å²) in [5, 5.41) is 77.7. The van der Waals surface area contributed by atoms with Crippen molar-refractivity contribution in [3.05, 3.63) is 0 Å². The number of aliphatic hydroxyl groups excluding tert-OH is 8. The van der Waals surface area contributed by atoms with Crippen LogP contribution in [0.2, 0.25) is 0 Å². The highest BCUT2D eigenvalue weighted by Crippen LogP contribution is 2.39. The number of aliphatic hydroxyl groups is 8. The molecule has 88 heavy (non-hydrogen) atoms. The molecule has 0 aromatic rings. The second-order valence-corrected chi connectivity index (χ2v) is 35.1. The lowest BCUT2D eigenvalue weighted by molar-refractivity contribution is 0.0263. The van der Waals surface area contributed by atoms with E-state index in [1.54, 1.807) is 0 Å². The maximum Gasteiger partial charge on any atom is 0.0573 e. The number of rotatable bonds is 8. The largest absolute Gasteiger partial charge is 0.393 e. The zero-order valence-electron chi connectivity index (χ0n) is 63.0. The minimum absolute atomic E-state index is 0.0289. The van der Waals surface area contributed by atoms with E-state index in [0.717, 1.165) is 98.7 Å². The molecule has 8 rings (SSSR count). The minimum atomic E-state index is -0.0289. The van der Waals surface area contributed by atoms with Crippen LogP contribution in [0.3, 0.4) is 0 Å². The third-order valence-corrected chi connectivity index (χ3v) is 23.9. The summed E-state index contributed by atoms with van der Waals surface area (Å²) in [5.74, 6) is 15.6. The minimum Gasteiger partial charge on any atom is -0.393 e. The van der Waals surface area contributed by atoms with Gasteiger partial charge in [0.1, 0.15) is 0 Å². The van der Waals surface area contributed by atoms with Crippen LogP contribution in [0.15, 0.2) is 0 Å². The molecule has 0 bridgehead atoms. The lowest BCUT2D eigenvalue weighted by Gasteiger charge is -2.33. The van der Waals surface area contributed by atoms with Crippen LogP contribution < -0.4 is 0 Å². The van der Waals surface area contributed by atoms with Gasteiger partial charge in [-0.05, 0) is 245 Å². The molecule has 0 spiro atoms. The molecule has 8 saturated carbocycles. The van der Waals surface area contributed by atoms with Gasteiger partial charge in [0.25, 0.3) is 0 Å². The van der Waals surface area contributed by atoms with Crippen molar-refractivity contribution < 1.29 is 40.9 Å². The van der Waals surface area contributed by atoms with Crippen molar-refractivity contribution in [3.8, 4) is 0 Å². The second kappa shape index (κ2) is 44.4. The first-order chi connectivity index (χ1) is 40.9. The quantitative estimate of drug-likeness (QED) is 0.119. The van der Waals surface area contributed by atoms with Crippen molar-refractivity contribution in [2.24, 2.45) is 142 Å². The van der Waals surface area contributed by atoms with E-state index in [-0.39, 0.29) is 48.8 Å². The van der Waals surface area contributed by atoms with E-state index < -0.39 is 0 Å². The van der Waals surface area contributed by atoms with Crippen LogP contribution in [0.5, 0.6) is 0 Å². The predicted octanol–water partition coefficient (Wildman–Crippen LogP) is 19.5. The second-order valence-electron chi connectivity index (χ2n) is 35.1. The molecule has 0 saturated heterocycles. The van der Waals surface area contributed by atoms with E-state index in [2.05, 4.69) is 166 Å². The molecule has 8 fully saturated rings. The van der Waals surface area contributed by atoms with Crippen LogP contribution in [-0.4, -0.2) is 89.7 Å². The molecule has 0 aromatic heterocycles. The summed E-state index contributed by atoms with van der Waals surface area (Å²) in [5.41, 5.74) is 0. The summed E-state index contributed by atoms with van der Waals surface area (Å²) in [6.07, 6.45) is 28.1. The van der Waals surface area contributed by atoms with Crippen LogP contribution in [0.4, 0.5) is 0 Å². The molecule has 528 valence electrons. The van der Waals surface area contributed by atoms with Gasteiger partial charge in [0, 0.05) is 0 Å². The van der Waals surface area contributed by atoms with E-state index in [0.29, 0.717) is 94.7 Å². The van der Waals surface area contributed by atoms with Crippen molar-refractivity contribution in [1.29, 1.82) is 0 Å². The third-order valence-electron chi connectivity index (χ3n) is 23.9. The topological polar surface area (TPSA) is 162 Å². The molecular formula is C80H160O8. The van der Waals surface area contributed by atoms with Gasteiger partial charge in [-0.25, -0.2) is 0 Å². The first-order valence-corrected chi connectivity index (χ1v) is 38.3. The van der Waals surface area contributed by atoms with Gasteiger partial charge in [-0.2, -0.15) is 0 Å². The number of hydrogen-bond acceptors (Lipinski definition) is 8. The summed E-state index contributed by atoms with van der Waals surface area (Å²) in [7, 11) is 0. The Labute approximate surface area is 549 Å². The maximum atomic E-state index is 9.71. The van der Waals surface area contributed by atoms with E-state index in [1.165, 1.54) is 103 Å². The Balaban J connectivity index is 0.000000503. The molecule has 0 aliphatic heterocycles. The fourth-order valence-electron chi connectivity index (χ4n) is 17.2.